The van der Waals surface area contributed by atoms with Gasteiger partial charge in [-0.25, -0.2) is 14.8 Å². The van der Waals surface area contributed by atoms with Gasteiger partial charge in [0.15, 0.2) is 5.69 Å². The molecule has 0 spiro atoms. The lowest BCUT2D eigenvalue weighted by atomic mass is 10.2. The first kappa shape index (κ1) is 14.3. The normalized spacial score (nSPS) is 15.0. The van der Waals surface area contributed by atoms with Gasteiger partial charge in [-0.15, -0.1) is 0 Å². The number of nitrogens with zero attached hydrogens (tertiary/aromatic N) is 4. The summed E-state index contributed by atoms with van der Waals surface area (Å²) in [6, 6.07) is 8.54. The average Bonchev–Trinajstić information content (AvgIpc) is 2.56. The van der Waals surface area contributed by atoms with Gasteiger partial charge in [0.2, 0.25) is 0 Å². The predicted octanol–water partition coefficient (Wildman–Crippen LogP) is 1.81. The number of benzene rings is 1. The van der Waals surface area contributed by atoms with Crippen molar-refractivity contribution in [2.75, 3.05) is 36.0 Å². The van der Waals surface area contributed by atoms with Crippen LogP contribution in [0.15, 0.2) is 36.7 Å². The summed E-state index contributed by atoms with van der Waals surface area (Å²) < 4.78 is 0. The zero-order chi connectivity index (χ0) is 15.5. The van der Waals surface area contributed by atoms with Gasteiger partial charge in [-0.1, -0.05) is 17.7 Å². The number of carbonyl (C=O) groups is 1. The molecule has 1 fully saturated rings. The second-order valence-corrected chi connectivity index (χ2v) is 5.37. The van der Waals surface area contributed by atoms with E-state index in [4.69, 9.17) is 5.11 Å². The van der Waals surface area contributed by atoms with Gasteiger partial charge < -0.3 is 14.9 Å². The highest BCUT2D eigenvalue weighted by Gasteiger charge is 2.19. The standard InChI is InChI=1S/C16H18N4O2/c1-12-2-4-13(5-3-12)19-6-8-20(9-7-19)15-11-17-14(10-18-15)16(21)22/h2-5,10-11H,6-9H2,1H3,(H,21,22). The van der Waals surface area contributed by atoms with E-state index in [1.807, 2.05) is 0 Å². The van der Waals surface area contributed by atoms with Crippen molar-refractivity contribution in [3.05, 3.63) is 47.9 Å². The van der Waals surface area contributed by atoms with Gasteiger partial charge in [0.25, 0.3) is 0 Å². The molecule has 6 heteroatoms. The van der Waals surface area contributed by atoms with E-state index >= 15 is 0 Å². The molecular formula is C16H18N4O2. The minimum absolute atomic E-state index is 0.0259. The zero-order valence-corrected chi connectivity index (χ0v) is 12.4. The first-order valence-corrected chi connectivity index (χ1v) is 7.25. The quantitative estimate of drug-likeness (QED) is 0.932. The number of anilines is 2. The van der Waals surface area contributed by atoms with Crippen LogP contribution in [-0.4, -0.2) is 47.2 Å². The first-order chi connectivity index (χ1) is 10.6. The van der Waals surface area contributed by atoms with Gasteiger partial charge >= 0.3 is 5.97 Å². The van der Waals surface area contributed by atoms with Crippen LogP contribution in [0.2, 0.25) is 0 Å². The molecule has 3 rings (SSSR count). The molecular weight excluding hydrogens is 280 g/mol. The van der Waals surface area contributed by atoms with Gasteiger partial charge in [0.1, 0.15) is 5.82 Å². The summed E-state index contributed by atoms with van der Waals surface area (Å²) in [6.45, 7) is 5.59. The molecule has 0 saturated carbocycles. The molecule has 2 heterocycles. The summed E-state index contributed by atoms with van der Waals surface area (Å²) >= 11 is 0. The van der Waals surface area contributed by atoms with Crippen LogP contribution >= 0.6 is 0 Å². The molecule has 1 saturated heterocycles. The average molecular weight is 298 g/mol. The molecule has 1 aliphatic rings. The van der Waals surface area contributed by atoms with Crippen molar-refractivity contribution in [3.8, 4) is 0 Å². The molecule has 0 amide bonds. The van der Waals surface area contributed by atoms with E-state index in [0.29, 0.717) is 0 Å². The highest BCUT2D eigenvalue weighted by atomic mass is 16.4. The Labute approximate surface area is 129 Å². The van der Waals surface area contributed by atoms with E-state index in [1.54, 1.807) is 0 Å². The molecule has 22 heavy (non-hydrogen) atoms. The number of hydrogen-bond acceptors (Lipinski definition) is 5. The molecule has 0 radical (unpaired) electrons. The van der Waals surface area contributed by atoms with E-state index in [9.17, 15) is 4.79 Å². The fourth-order valence-electron chi connectivity index (χ4n) is 2.54. The van der Waals surface area contributed by atoms with E-state index in [2.05, 4.69) is 51.0 Å². The Morgan fingerprint density at radius 3 is 2.18 bits per heavy atom. The van der Waals surface area contributed by atoms with Crippen LogP contribution in [0.4, 0.5) is 11.5 Å². The molecule has 0 unspecified atom stereocenters. The van der Waals surface area contributed by atoms with Crippen LogP contribution in [0.5, 0.6) is 0 Å². The maximum Gasteiger partial charge on any atom is 0.356 e. The minimum Gasteiger partial charge on any atom is -0.476 e. The first-order valence-electron chi connectivity index (χ1n) is 7.25. The molecule has 1 N–H and O–H groups in total. The molecule has 0 bridgehead atoms. The number of carboxylic acids is 1. The third-order valence-electron chi connectivity index (χ3n) is 3.86. The Morgan fingerprint density at radius 1 is 1.00 bits per heavy atom. The van der Waals surface area contributed by atoms with Crippen molar-refractivity contribution in [1.82, 2.24) is 9.97 Å². The maximum absolute atomic E-state index is 10.8. The summed E-state index contributed by atoms with van der Waals surface area (Å²) in [4.78, 5) is 23.4. The number of aryl methyl sites for hydroxylation is 1. The SMILES string of the molecule is Cc1ccc(N2CCN(c3cnc(C(=O)O)cn3)CC2)cc1. The summed E-state index contributed by atoms with van der Waals surface area (Å²) in [5, 5.41) is 8.84. The van der Waals surface area contributed by atoms with Crippen LogP contribution in [0.25, 0.3) is 0 Å². The molecule has 0 aliphatic carbocycles. The van der Waals surface area contributed by atoms with Gasteiger partial charge in [-0.2, -0.15) is 0 Å². The van der Waals surface area contributed by atoms with Crippen LogP contribution in [0, 0.1) is 6.92 Å². The molecule has 0 atom stereocenters. The Bertz CT molecular complexity index is 647. The molecule has 1 aromatic heterocycles. The van der Waals surface area contributed by atoms with Crippen LogP contribution in [0.3, 0.4) is 0 Å². The number of carboxylic acid groups (broad SMARTS) is 1. The topological polar surface area (TPSA) is 69.6 Å². The van der Waals surface area contributed by atoms with Gasteiger partial charge in [-0.05, 0) is 19.1 Å². The van der Waals surface area contributed by atoms with Crippen molar-refractivity contribution in [1.29, 1.82) is 0 Å². The lowest BCUT2D eigenvalue weighted by Crippen LogP contribution is -2.46. The molecule has 2 aromatic rings. The minimum atomic E-state index is -1.05. The van der Waals surface area contributed by atoms with Gasteiger partial charge in [0.05, 0.1) is 12.4 Å². The van der Waals surface area contributed by atoms with E-state index in [0.717, 1.165) is 32.0 Å². The smallest absolute Gasteiger partial charge is 0.356 e. The van der Waals surface area contributed by atoms with E-state index in [-0.39, 0.29) is 5.69 Å². The number of hydrogen-bond donors (Lipinski definition) is 1. The Morgan fingerprint density at radius 2 is 1.64 bits per heavy atom. The number of rotatable bonds is 3. The lowest BCUT2D eigenvalue weighted by Gasteiger charge is -2.36. The number of aromatic carboxylic acids is 1. The van der Waals surface area contributed by atoms with Crippen molar-refractivity contribution in [2.45, 2.75) is 6.92 Å². The second-order valence-electron chi connectivity index (χ2n) is 5.37. The van der Waals surface area contributed by atoms with Crippen LogP contribution < -0.4 is 9.80 Å². The molecule has 6 nitrogen and oxygen atoms in total. The Balaban J connectivity index is 1.63. The summed E-state index contributed by atoms with van der Waals surface area (Å²) in [5.74, 6) is -0.322. The largest absolute Gasteiger partial charge is 0.476 e. The van der Waals surface area contributed by atoms with Crippen LogP contribution in [0.1, 0.15) is 16.1 Å². The molecule has 1 aliphatic heterocycles. The fraction of sp³-hybridized carbons (Fsp3) is 0.312. The van der Waals surface area contributed by atoms with Crippen molar-refractivity contribution >= 4 is 17.5 Å². The highest BCUT2D eigenvalue weighted by molar-refractivity contribution is 5.84. The fourth-order valence-corrected chi connectivity index (χ4v) is 2.54. The number of piperazine rings is 1. The third-order valence-corrected chi connectivity index (χ3v) is 3.86. The van der Waals surface area contributed by atoms with Gasteiger partial charge in [0, 0.05) is 31.9 Å². The zero-order valence-electron chi connectivity index (χ0n) is 12.4. The van der Waals surface area contributed by atoms with Crippen LogP contribution in [-0.2, 0) is 0 Å². The molecule has 114 valence electrons. The summed E-state index contributed by atoms with van der Waals surface area (Å²) in [6.07, 6.45) is 2.84. The summed E-state index contributed by atoms with van der Waals surface area (Å²) in [5.41, 5.74) is 2.47. The Hall–Kier alpha value is -2.63. The maximum atomic E-state index is 10.8. The molecule has 1 aromatic carbocycles. The third kappa shape index (κ3) is 3.00. The van der Waals surface area contributed by atoms with E-state index in [1.165, 1.54) is 23.6 Å². The second kappa shape index (κ2) is 6.01. The van der Waals surface area contributed by atoms with Gasteiger partial charge in [-0.3, -0.25) is 0 Å². The number of aromatic nitrogens is 2. The van der Waals surface area contributed by atoms with E-state index < -0.39 is 5.97 Å². The van der Waals surface area contributed by atoms with Crippen molar-refractivity contribution in [2.24, 2.45) is 0 Å². The predicted molar refractivity (Wildman–Crippen MR) is 84.6 cm³/mol. The van der Waals surface area contributed by atoms with Crippen molar-refractivity contribution in [3.63, 3.8) is 0 Å². The van der Waals surface area contributed by atoms with Crippen molar-refractivity contribution < 1.29 is 9.90 Å². The highest BCUT2D eigenvalue weighted by Crippen LogP contribution is 2.19. The summed E-state index contributed by atoms with van der Waals surface area (Å²) in [7, 11) is 0. The monoisotopic (exact) mass is 298 g/mol. The Kier molecular flexibility index (Phi) is 3.91. The lowest BCUT2D eigenvalue weighted by molar-refractivity contribution is 0.0690.